The van der Waals surface area contributed by atoms with Crippen molar-refractivity contribution in [3.05, 3.63) is 24.3 Å². The van der Waals surface area contributed by atoms with E-state index in [9.17, 15) is 0 Å². The topological polar surface area (TPSA) is 0 Å². The lowest BCUT2D eigenvalue weighted by molar-refractivity contribution is 1.04. The number of rotatable bonds is 0. The number of hydrogen-bond donors (Lipinski definition) is 0. The molecule has 0 nitrogen and oxygen atoms in total. The van der Waals surface area contributed by atoms with Crippen molar-refractivity contribution in [2.45, 2.75) is 12.8 Å². The van der Waals surface area contributed by atoms with E-state index < -0.39 is 12.8 Å². The Hall–Kier alpha value is -0.520. The van der Waals surface area contributed by atoms with E-state index >= 15 is 0 Å². The van der Waals surface area contributed by atoms with Crippen LogP contribution in [0.5, 0.6) is 0 Å². The van der Waals surface area contributed by atoms with Crippen LogP contribution in [0.4, 0.5) is 0 Å². The molecule has 0 N–H and O–H groups in total. The average Bonchev–Trinajstić information content (AvgIpc) is 1.84. The monoisotopic (exact) mass is 84.1 g/mol. The maximum absolute atomic E-state index is 7.21. The van der Waals surface area contributed by atoms with Crippen molar-refractivity contribution in [2.75, 3.05) is 0 Å². The van der Waals surface area contributed by atoms with E-state index in [1.54, 1.807) is 6.08 Å². The molecule has 6 heavy (non-hydrogen) atoms. The van der Waals surface area contributed by atoms with Gasteiger partial charge in [-0.1, -0.05) is 24.3 Å². The van der Waals surface area contributed by atoms with Crippen LogP contribution < -0.4 is 0 Å². The summed E-state index contributed by atoms with van der Waals surface area (Å²) in [5.41, 5.74) is 0. The van der Waals surface area contributed by atoms with Gasteiger partial charge in [-0.3, -0.25) is 0 Å². The predicted octanol–water partition coefficient (Wildman–Crippen LogP) is 1.89. The summed E-state index contributed by atoms with van der Waals surface area (Å²) in [6.45, 7) is 0. The van der Waals surface area contributed by atoms with Crippen molar-refractivity contribution in [3.8, 4) is 0 Å². The lowest BCUT2D eigenvalue weighted by Crippen LogP contribution is -1.67. The second-order valence-electron chi connectivity index (χ2n) is 1.01. The molecule has 1 unspecified atom stereocenters. The Morgan fingerprint density at radius 3 is 3.33 bits per heavy atom. The quantitative estimate of drug-likeness (QED) is 0.420. The van der Waals surface area contributed by atoms with Crippen LogP contribution in [0.25, 0.3) is 0 Å². The van der Waals surface area contributed by atoms with Crippen LogP contribution in [0.2, 0.25) is 0 Å². The van der Waals surface area contributed by atoms with Crippen LogP contribution in [0.3, 0.4) is 0 Å². The SMILES string of the molecule is [2H]C1=CC=CC([2H])C1([2H])[2H]. The third kappa shape index (κ3) is 0.713. The van der Waals surface area contributed by atoms with Gasteiger partial charge in [0.2, 0.25) is 0 Å². The summed E-state index contributed by atoms with van der Waals surface area (Å²) in [5, 5.41) is 0. The normalized spacial score (nSPS) is 50.7. The number of allylic oxidation sites excluding steroid dienone is 4. The molecule has 0 amide bonds. The van der Waals surface area contributed by atoms with Gasteiger partial charge < -0.3 is 0 Å². The summed E-state index contributed by atoms with van der Waals surface area (Å²) >= 11 is 0. The van der Waals surface area contributed by atoms with Crippen molar-refractivity contribution in [1.82, 2.24) is 0 Å². The average molecular weight is 84.2 g/mol. The molecule has 1 aliphatic rings. The maximum Gasteiger partial charge on any atom is 0.0576 e. The van der Waals surface area contributed by atoms with Crippen LogP contribution in [0.1, 0.15) is 18.3 Å². The zero-order chi connectivity index (χ0) is 7.78. The summed E-state index contributed by atoms with van der Waals surface area (Å²) in [4.78, 5) is 0. The summed E-state index contributed by atoms with van der Waals surface area (Å²) in [7, 11) is 0. The Kier molecular flexibility index (Phi) is 0.369. The van der Waals surface area contributed by atoms with Crippen LogP contribution in [-0.4, -0.2) is 0 Å². The second kappa shape index (κ2) is 1.81. The molecule has 0 aromatic carbocycles. The molecule has 0 spiro atoms. The molecule has 0 fully saturated rings. The first kappa shape index (κ1) is 1.22. The Morgan fingerprint density at radius 2 is 2.67 bits per heavy atom. The number of hydrogen-bond acceptors (Lipinski definition) is 0. The van der Waals surface area contributed by atoms with Crippen LogP contribution in [0.15, 0.2) is 24.3 Å². The Balaban J connectivity index is 2.93. The molecule has 0 radical (unpaired) electrons. The van der Waals surface area contributed by atoms with Crippen molar-refractivity contribution in [1.29, 1.82) is 0 Å². The molecule has 32 valence electrons. The highest BCUT2D eigenvalue weighted by atomic mass is 13.8. The van der Waals surface area contributed by atoms with Gasteiger partial charge in [-0.25, -0.2) is 0 Å². The first-order chi connectivity index (χ1) is 4.55. The van der Waals surface area contributed by atoms with E-state index in [4.69, 9.17) is 5.48 Å². The molecule has 1 atom stereocenters. The molecular formula is C6H8. The van der Waals surface area contributed by atoms with E-state index in [2.05, 4.69) is 0 Å². The Labute approximate surface area is 43.8 Å². The molecule has 1 rings (SSSR count). The van der Waals surface area contributed by atoms with Gasteiger partial charge in [0.1, 0.15) is 0 Å². The van der Waals surface area contributed by atoms with Gasteiger partial charge >= 0.3 is 0 Å². The van der Waals surface area contributed by atoms with Crippen LogP contribution >= 0.6 is 0 Å². The third-order valence-electron chi connectivity index (χ3n) is 0.554. The lowest BCUT2D eigenvalue weighted by atomic mass is 10.2. The van der Waals surface area contributed by atoms with Gasteiger partial charge in [0.15, 0.2) is 0 Å². The summed E-state index contributed by atoms with van der Waals surface area (Å²) in [5.74, 6) is 0. The van der Waals surface area contributed by atoms with Gasteiger partial charge in [-0.05, 0) is 12.8 Å². The fourth-order valence-corrected chi connectivity index (χ4v) is 0.304. The van der Waals surface area contributed by atoms with Gasteiger partial charge in [0, 0.05) is 4.11 Å². The highest BCUT2D eigenvalue weighted by molar-refractivity contribution is 5.07. The molecule has 0 heterocycles. The largest absolute Gasteiger partial charge is 0.0842 e. The lowest BCUT2D eigenvalue weighted by Gasteiger charge is -1.88. The smallest absolute Gasteiger partial charge is 0.0576 e. The summed E-state index contributed by atoms with van der Waals surface area (Å²) in [6, 6.07) is -0.116. The Morgan fingerprint density at radius 1 is 1.67 bits per heavy atom. The highest BCUT2D eigenvalue weighted by Crippen LogP contribution is 1.98. The predicted molar refractivity (Wildman–Crippen MR) is 27.5 cm³/mol. The van der Waals surface area contributed by atoms with Gasteiger partial charge in [-0.2, -0.15) is 0 Å². The maximum atomic E-state index is 7.21. The molecule has 0 aromatic rings. The van der Waals surface area contributed by atoms with Gasteiger partial charge in [-0.15, -0.1) is 0 Å². The van der Waals surface area contributed by atoms with E-state index in [1.165, 1.54) is 12.2 Å². The van der Waals surface area contributed by atoms with Crippen molar-refractivity contribution in [3.63, 3.8) is 0 Å². The molecule has 0 bridgehead atoms. The van der Waals surface area contributed by atoms with E-state index in [-0.39, 0.29) is 6.05 Å². The van der Waals surface area contributed by atoms with E-state index in [1.807, 2.05) is 0 Å². The first-order valence-electron chi connectivity index (χ1n) is 3.90. The standard InChI is InChI=1S/C6H8/c1-2-4-6-5-3-1/h1-4H,5-6H2/i3D,5D2,6D. The molecular weight excluding hydrogens is 72.1 g/mol. The molecule has 0 aromatic heterocycles. The molecule has 0 heteroatoms. The van der Waals surface area contributed by atoms with Gasteiger partial charge in [0.05, 0.1) is 1.37 Å². The second-order valence-corrected chi connectivity index (χ2v) is 1.01. The molecule has 1 aliphatic carbocycles. The minimum atomic E-state index is -1.80. The first-order valence-corrected chi connectivity index (χ1v) is 1.83. The molecule has 0 aliphatic heterocycles. The van der Waals surface area contributed by atoms with E-state index in [0.29, 0.717) is 0 Å². The van der Waals surface area contributed by atoms with Crippen molar-refractivity contribution >= 4 is 0 Å². The zero-order valence-corrected chi connectivity index (χ0v) is 3.31. The highest BCUT2D eigenvalue weighted by Gasteiger charge is 1.77. The summed E-state index contributed by atoms with van der Waals surface area (Å²) in [6.07, 6.45) is 1.64. The van der Waals surface area contributed by atoms with Crippen LogP contribution in [-0.2, 0) is 0 Å². The third-order valence-corrected chi connectivity index (χ3v) is 0.554. The fraction of sp³-hybridized carbons (Fsp3) is 0.333. The summed E-state index contributed by atoms with van der Waals surface area (Å²) < 4.78 is 28.7. The Bertz CT molecular complexity index is 192. The van der Waals surface area contributed by atoms with E-state index in [0.717, 1.165) is 0 Å². The van der Waals surface area contributed by atoms with Crippen LogP contribution in [0, 0.1) is 0 Å². The van der Waals surface area contributed by atoms with Crippen molar-refractivity contribution in [2.24, 2.45) is 0 Å². The molecule has 0 saturated carbocycles. The van der Waals surface area contributed by atoms with Crippen molar-refractivity contribution < 1.29 is 5.48 Å². The minimum Gasteiger partial charge on any atom is -0.0842 e. The minimum absolute atomic E-state index is 0.116. The fourth-order valence-electron chi connectivity index (χ4n) is 0.304. The zero-order valence-electron chi connectivity index (χ0n) is 7.31. The molecule has 0 saturated heterocycles. The van der Waals surface area contributed by atoms with Gasteiger partial charge in [0.25, 0.3) is 0 Å².